The normalized spacial score (nSPS) is 11.1. The molecular weight excluding hydrogens is 136 g/mol. The van der Waals surface area contributed by atoms with Crippen molar-refractivity contribution in [3.63, 3.8) is 0 Å². The quantitative estimate of drug-likeness (QED) is 0.646. The standard InChI is InChI=1S/C9H14N2/c1-3-5-9-10-6-8-11(9)7-4-2/h4,6-8H,3,5H2,1-2H3/b7-4-. The Kier molecular flexibility index (Phi) is 2.90. The maximum Gasteiger partial charge on any atom is 0.112 e. The first-order valence-corrected chi connectivity index (χ1v) is 4.03. The van der Waals surface area contributed by atoms with Gasteiger partial charge in [-0.2, -0.15) is 0 Å². The molecule has 1 aromatic heterocycles. The highest BCUT2D eigenvalue weighted by atomic mass is 15.0. The van der Waals surface area contributed by atoms with Crippen LogP contribution in [0.15, 0.2) is 18.5 Å². The van der Waals surface area contributed by atoms with Crippen molar-refractivity contribution in [1.29, 1.82) is 0 Å². The fraction of sp³-hybridized carbons (Fsp3) is 0.444. The van der Waals surface area contributed by atoms with Gasteiger partial charge in [-0.05, 0) is 13.3 Å². The number of hydrogen-bond donors (Lipinski definition) is 0. The van der Waals surface area contributed by atoms with Crippen LogP contribution in [0, 0.1) is 0 Å². The highest BCUT2D eigenvalue weighted by Gasteiger charge is 1.96. The van der Waals surface area contributed by atoms with Gasteiger partial charge >= 0.3 is 0 Å². The van der Waals surface area contributed by atoms with E-state index in [0.717, 1.165) is 18.7 Å². The van der Waals surface area contributed by atoms with Gasteiger partial charge in [-0.3, -0.25) is 0 Å². The molecule has 0 unspecified atom stereocenters. The lowest BCUT2D eigenvalue weighted by atomic mass is 10.3. The van der Waals surface area contributed by atoms with Crippen molar-refractivity contribution in [2.75, 3.05) is 0 Å². The average molecular weight is 150 g/mol. The van der Waals surface area contributed by atoms with Crippen molar-refractivity contribution in [3.8, 4) is 0 Å². The van der Waals surface area contributed by atoms with Crippen LogP contribution in [0.3, 0.4) is 0 Å². The Morgan fingerprint density at radius 2 is 2.45 bits per heavy atom. The summed E-state index contributed by atoms with van der Waals surface area (Å²) in [6.07, 6.45) is 10.1. The Balaban J connectivity index is 2.78. The second-order valence-corrected chi connectivity index (χ2v) is 2.48. The first-order chi connectivity index (χ1) is 5.38. The van der Waals surface area contributed by atoms with E-state index >= 15 is 0 Å². The minimum Gasteiger partial charge on any atom is -0.311 e. The highest BCUT2D eigenvalue weighted by Crippen LogP contribution is 2.01. The zero-order valence-electron chi connectivity index (χ0n) is 7.12. The van der Waals surface area contributed by atoms with Gasteiger partial charge < -0.3 is 4.57 Å². The average Bonchev–Trinajstić information content (AvgIpc) is 2.39. The van der Waals surface area contributed by atoms with Gasteiger partial charge in [0.1, 0.15) is 5.82 Å². The smallest absolute Gasteiger partial charge is 0.112 e. The van der Waals surface area contributed by atoms with E-state index in [1.807, 2.05) is 31.6 Å². The molecule has 0 bridgehead atoms. The molecule has 0 spiro atoms. The zero-order chi connectivity index (χ0) is 8.10. The molecule has 0 atom stereocenters. The molecule has 1 heterocycles. The van der Waals surface area contributed by atoms with Crippen LogP contribution in [0.25, 0.3) is 6.20 Å². The topological polar surface area (TPSA) is 17.8 Å². The Hall–Kier alpha value is -1.05. The third-order valence-corrected chi connectivity index (χ3v) is 1.53. The monoisotopic (exact) mass is 150 g/mol. The Morgan fingerprint density at radius 3 is 3.09 bits per heavy atom. The molecule has 0 aliphatic rings. The third kappa shape index (κ3) is 1.93. The van der Waals surface area contributed by atoms with Crippen LogP contribution in [0.5, 0.6) is 0 Å². The van der Waals surface area contributed by atoms with Crippen LogP contribution in [-0.4, -0.2) is 9.55 Å². The van der Waals surface area contributed by atoms with E-state index in [4.69, 9.17) is 0 Å². The maximum atomic E-state index is 4.24. The number of aromatic nitrogens is 2. The van der Waals surface area contributed by atoms with E-state index in [2.05, 4.69) is 16.5 Å². The van der Waals surface area contributed by atoms with Gasteiger partial charge in [-0.1, -0.05) is 13.0 Å². The molecule has 0 aliphatic heterocycles. The molecule has 2 heteroatoms. The minimum absolute atomic E-state index is 1.05. The van der Waals surface area contributed by atoms with Crippen LogP contribution >= 0.6 is 0 Å². The van der Waals surface area contributed by atoms with Crippen molar-refractivity contribution in [2.45, 2.75) is 26.7 Å². The van der Waals surface area contributed by atoms with E-state index in [1.54, 1.807) is 0 Å². The first-order valence-electron chi connectivity index (χ1n) is 4.03. The molecule has 1 rings (SSSR count). The number of nitrogens with zero attached hydrogens (tertiary/aromatic N) is 2. The van der Waals surface area contributed by atoms with Crippen LogP contribution < -0.4 is 0 Å². The molecule has 0 amide bonds. The number of aryl methyl sites for hydroxylation is 1. The molecule has 0 aromatic carbocycles. The van der Waals surface area contributed by atoms with Crippen molar-refractivity contribution in [2.24, 2.45) is 0 Å². The SMILES string of the molecule is C/C=C\n1ccnc1CCC. The van der Waals surface area contributed by atoms with Crippen LogP contribution in [0.1, 0.15) is 26.1 Å². The van der Waals surface area contributed by atoms with Crippen molar-refractivity contribution in [3.05, 3.63) is 24.3 Å². The van der Waals surface area contributed by atoms with Gasteiger partial charge in [0.2, 0.25) is 0 Å². The maximum absolute atomic E-state index is 4.24. The Labute approximate surface area is 67.6 Å². The second-order valence-electron chi connectivity index (χ2n) is 2.48. The van der Waals surface area contributed by atoms with Gasteiger partial charge in [-0.15, -0.1) is 0 Å². The van der Waals surface area contributed by atoms with Crippen molar-refractivity contribution < 1.29 is 0 Å². The lowest BCUT2D eigenvalue weighted by Crippen LogP contribution is -1.94. The summed E-state index contributed by atoms with van der Waals surface area (Å²) in [5, 5.41) is 0. The summed E-state index contributed by atoms with van der Waals surface area (Å²) in [6.45, 7) is 4.17. The number of allylic oxidation sites excluding steroid dienone is 1. The van der Waals surface area contributed by atoms with Crippen molar-refractivity contribution in [1.82, 2.24) is 9.55 Å². The summed E-state index contributed by atoms with van der Waals surface area (Å²) in [5.74, 6) is 1.14. The van der Waals surface area contributed by atoms with Crippen LogP contribution in [0.4, 0.5) is 0 Å². The molecule has 1 aromatic rings. The fourth-order valence-electron chi connectivity index (χ4n) is 1.06. The summed E-state index contributed by atoms with van der Waals surface area (Å²) in [6, 6.07) is 0. The summed E-state index contributed by atoms with van der Waals surface area (Å²) in [7, 11) is 0. The van der Waals surface area contributed by atoms with E-state index in [-0.39, 0.29) is 0 Å². The second kappa shape index (κ2) is 3.96. The molecule has 0 N–H and O–H groups in total. The third-order valence-electron chi connectivity index (χ3n) is 1.53. The molecule has 60 valence electrons. The number of rotatable bonds is 3. The van der Waals surface area contributed by atoms with E-state index < -0.39 is 0 Å². The van der Waals surface area contributed by atoms with Gasteiger partial charge in [0.15, 0.2) is 0 Å². The van der Waals surface area contributed by atoms with Gasteiger partial charge in [-0.25, -0.2) is 4.98 Å². The van der Waals surface area contributed by atoms with Gasteiger partial charge in [0.25, 0.3) is 0 Å². The fourth-order valence-corrected chi connectivity index (χ4v) is 1.06. The molecule has 0 radical (unpaired) electrons. The highest BCUT2D eigenvalue weighted by molar-refractivity contribution is 5.23. The van der Waals surface area contributed by atoms with E-state index in [0.29, 0.717) is 0 Å². The minimum atomic E-state index is 1.05. The summed E-state index contributed by atoms with van der Waals surface area (Å²) in [5.41, 5.74) is 0. The zero-order valence-corrected chi connectivity index (χ0v) is 7.12. The van der Waals surface area contributed by atoms with E-state index in [9.17, 15) is 0 Å². The molecule has 11 heavy (non-hydrogen) atoms. The Morgan fingerprint density at radius 1 is 1.64 bits per heavy atom. The summed E-state index contributed by atoms with van der Waals surface area (Å²) >= 11 is 0. The summed E-state index contributed by atoms with van der Waals surface area (Å²) < 4.78 is 2.06. The largest absolute Gasteiger partial charge is 0.311 e. The van der Waals surface area contributed by atoms with Gasteiger partial charge in [0.05, 0.1) is 0 Å². The van der Waals surface area contributed by atoms with E-state index in [1.165, 1.54) is 0 Å². The molecule has 0 aliphatic carbocycles. The molecular formula is C9H14N2. The van der Waals surface area contributed by atoms with Gasteiger partial charge in [0, 0.05) is 25.0 Å². The predicted octanol–water partition coefficient (Wildman–Crippen LogP) is 2.33. The van der Waals surface area contributed by atoms with Crippen LogP contribution in [-0.2, 0) is 6.42 Å². The lowest BCUT2D eigenvalue weighted by Gasteiger charge is -1.98. The van der Waals surface area contributed by atoms with Crippen molar-refractivity contribution >= 4 is 6.20 Å². The predicted molar refractivity (Wildman–Crippen MR) is 47.2 cm³/mol. The van der Waals surface area contributed by atoms with Crippen LogP contribution in [0.2, 0.25) is 0 Å². The Bertz CT molecular complexity index is 235. The molecule has 0 saturated heterocycles. The first kappa shape index (κ1) is 8.05. The lowest BCUT2D eigenvalue weighted by molar-refractivity contribution is 0.824. The molecule has 0 fully saturated rings. The summed E-state index contributed by atoms with van der Waals surface area (Å²) in [4.78, 5) is 4.24. The number of hydrogen-bond acceptors (Lipinski definition) is 1. The molecule has 2 nitrogen and oxygen atoms in total. The number of imidazole rings is 1. The molecule has 0 saturated carbocycles.